The van der Waals surface area contributed by atoms with Crippen molar-refractivity contribution in [2.75, 3.05) is 0 Å². The molecular weight excluding hydrogens is 238 g/mol. The maximum Gasteiger partial charge on any atom is 0.249 e. The van der Waals surface area contributed by atoms with Crippen LogP contribution in [0.25, 0.3) is 0 Å². The third-order valence-electron chi connectivity index (χ3n) is 3.00. The molecule has 0 atom stereocenters. The van der Waals surface area contributed by atoms with Gasteiger partial charge in [0.15, 0.2) is 18.5 Å². The first-order valence-electron chi connectivity index (χ1n) is 6.17. The maximum absolute atomic E-state index is 11.7. The lowest BCUT2D eigenvalue weighted by molar-refractivity contribution is -0.690. The second-order valence-electron chi connectivity index (χ2n) is 4.53. The van der Waals surface area contributed by atoms with Crippen LogP contribution in [0, 0.1) is 0 Å². The van der Waals surface area contributed by atoms with Crippen LogP contribution in [0.1, 0.15) is 40.3 Å². The summed E-state index contributed by atoms with van der Waals surface area (Å²) in [6.07, 6.45) is 1.79. The van der Waals surface area contributed by atoms with Gasteiger partial charge in [0, 0.05) is 30.2 Å². The number of ketones is 2. The van der Waals surface area contributed by atoms with Crippen LogP contribution in [0.15, 0.2) is 48.7 Å². The molecule has 0 aliphatic rings. The van der Waals surface area contributed by atoms with Crippen LogP contribution in [-0.2, 0) is 6.54 Å². The molecule has 0 aliphatic heterocycles. The Balaban J connectivity index is 2.40. The zero-order chi connectivity index (χ0) is 13.8. The highest BCUT2D eigenvalue weighted by atomic mass is 16.1. The van der Waals surface area contributed by atoms with E-state index in [1.807, 2.05) is 34.9 Å². The second-order valence-corrected chi connectivity index (χ2v) is 4.53. The Morgan fingerprint density at radius 2 is 1.68 bits per heavy atom. The van der Waals surface area contributed by atoms with E-state index in [0.717, 1.165) is 5.56 Å². The van der Waals surface area contributed by atoms with Gasteiger partial charge in [0.25, 0.3) is 0 Å². The Bertz CT molecular complexity index is 618. The lowest BCUT2D eigenvalue weighted by Crippen LogP contribution is -2.40. The van der Waals surface area contributed by atoms with Crippen molar-refractivity contribution in [3.05, 3.63) is 65.5 Å². The van der Waals surface area contributed by atoms with E-state index in [0.29, 0.717) is 17.8 Å². The number of aromatic nitrogens is 1. The van der Waals surface area contributed by atoms with E-state index in [1.165, 1.54) is 13.8 Å². The van der Waals surface area contributed by atoms with Crippen LogP contribution in [0.4, 0.5) is 0 Å². The molecule has 0 aliphatic carbocycles. The number of rotatable bonds is 4. The monoisotopic (exact) mass is 254 g/mol. The standard InChI is InChI=1S/C16H16NO2/c1-12(18)15-8-9-17(16(10-15)13(2)19)11-14-6-4-3-5-7-14/h3-10H,11H2,1-2H3/q+1. The van der Waals surface area contributed by atoms with Gasteiger partial charge in [0.05, 0.1) is 0 Å². The van der Waals surface area contributed by atoms with Crippen molar-refractivity contribution < 1.29 is 14.2 Å². The molecule has 3 nitrogen and oxygen atoms in total. The van der Waals surface area contributed by atoms with E-state index in [-0.39, 0.29) is 11.6 Å². The van der Waals surface area contributed by atoms with Crippen LogP contribution < -0.4 is 4.57 Å². The molecule has 1 aromatic heterocycles. The molecule has 0 N–H and O–H groups in total. The van der Waals surface area contributed by atoms with Crippen LogP contribution >= 0.6 is 0 Å². The molecular formula is C16H16NO2+. The molecule has 96 valence electrons. The predicted molar refractivity (Wildman–Crippen MR) is 72.2 cm³/mol. The number of hydrogen-bond acceptors (Lipinski definition) is 2. The molecule has 0 saturated carbocycles. The Hall–Kier alpha value is -2.29. The molecule has 0 spiro atoms. The summed E-state index contributed by atoms with van der Waals surface area (Å²) in [4.78, 5) is 23.1. The van der Waals surface area contributed by atoms with Crippen LogP contribution in [-0.4, -0.2) is 11.6 Å². The number of nitrogens with zero attached hydrogens (tertiary/aromatic N) is 1. The van der Waals surface area contributed by atoms with Crippen molar-refractivity contribution in [1.29, 1.82) is 0 Å². The zero-order valence-electron chi connectivity index (χ0n) is 11.1. The van der Waals surface area contributed by atoms with Gasteiger partial charge in [0.2, 0.25) is 11.5 Å². The Morgan fingerprint density at radius 1 is 1.00 bits per heavy atom. The van der Waals surface area contributed by atoms with Crippen LogP contribution in [0.5, 0.6) is 0 Å². The van der Waals surface area contributed by atoms with Crippen LogP contribution in [0.3, 0.4) is 0 Å². The lowest BCUT2D eigenvalue weighted by Gasteiger charge is -2.03. The van der Waals surface area contributed by atoms with Gasteiger partial charge in [-0.15, -0.1) is 0 Å². The predicted octanol–water partition coefficient (Wildman–Crippen LogP) is 2.43. The number of carbonyl (C=O) groups excluding carboxylic acids is 2. The fraction of sp³-hybridized carbons (Fsp3) is 0.188. The molecule has 1 aromatic carbocycles. The Kier molecular flexibility index (Phi) is 3.85. The molecule has 2 aromatic rings. The van der Waals surface area contributed by atoms with Crippen molar-refractivity contribution >= 4 is 11.6 Å². The second kappa shape index (κ2) is 5.57. The molecule has 1 heterocycles. The summed E-state index contributed by atoms with van der Waals surface area (Å²) in [6, 6.07) is 13.3. The molecule has 0 fully saturated rings. The third-order valence-corrected chi connectivity index (χ3v) is 3.00. The summed E-state index contributed by atoms with van der Waals surface area (Å²) in [7, 11) is 0. The van der Waals surface area contributed by atoms with E-state index in [2.05, 4.69) is 0 Å². The van der Waals surface area contributed by atoms with Gasteiger partial charge in [0.1, 0.15) is 0 Å². The first-order valence-corrected chi connectivity index (χ1v) is 6.17. The number of pyridine rings is 1. The topological polar surface area (TPSA) is 38.0 Å². The number of carbonyl (C=O) groups is 2. The van der Waals surface area contributed by atoms with E-state index < -0.39 is 0 Å². The van der Waals surface area contributed by atoms with Gasteiger partial charge in [-0.1, -0.05) is 30.3 Å². The summed E-state index contributed by atoms with van der Waals surface area (Å²) in [5.41, 5.74) is 2.23. The molecule has 3 heteroatoms. The van der Waals surface area contributed by atoms with E-state index in [9.17, 15) is 9.59 Å². The molecule has 19 heavy (non-hydrogen) atoms. The van der Waals surface area contributed by atoms with Gasteiger partial charge in [-0.2, -0.15) is 4.57 Å². The summed E-state index contributed by atoms with van der Waals surface area (Å²) in [5, 5.41) is 0. The SMILES string of the molecule is CC(=O)c1cc[n+](Cc2ccccc2)c(C(C)=O)c1. The highest BCUT2D eigenvalue weighted by Crippen LogP contribution is 2.05. The van der Waals surface area contributed by atoms with Gasteiger partial charge in [-0.25, -0.2) is 0 Å². The van der Waals surface area contributed by atoms with E-state index in [1.54, 1.807) is 18.3 Å². The van der Waals surface area contributed by atoms with E-state index in [4.69, 9.17) is 0 Å². The third kappa shape index (κ3) is 3.13. The fourth-order valence-electron chi connectivity index (χ4n) is 1.97. The summed E-state index contributed by atoms with van der Waals surface area (Å²) in [6.45, 7) is 3.63. The number of hydrogen-bond donors (Lipinski definition) is 0. The van der Waals surface area contributed by atoms with Gasteiger partial charge >= 0.3 is 0 Å². The lowest BCUT2D eigenvalue weighted by atomic mass is 10.1. The van der Waals surface area contributed by atoms with Gasteiger partial charge in [-0.05, 0) is 6.92 Å². The summed E-state index contributed by atoms with van der Waals surface area (Å²) >= 11 is 0. The number of Topliss-reactive ketones (excluding diaryl/α,β-unsaturated/α-hetero) is 2. The van der Waals surface area contributed by atoms with Crippen molar-refractivity contribution in [2.24, 2.45) is 0 Å². The van der Waals surface area contributed by atoms with Gasteiger partial charge in [-0.3, -0.25) is 9.59 Å². The molecule has 0 saturated heterocycles. The Labute approximate surface area is 112 Å². The van der Waals surface area contributed by atoms with Crippen molar-refractivity contribution in [3.63, 3.8) is 0 Å². The first kappa shape index (κ1) is 13.1. The Morgan fingerprint density at radius 3 is 2.26 bits per heavy atom. The zero-order valence-corrected chi connectivity index (χ0v) is 11.1. The van der Waals surface area contributed by atoms with Gasteiger partial charge < -0.3 is 0 Å². The first-order chi connectivity index (χ1) is 9.08. The average Bonchev–Trinajstić information content (AvgIpc) is 2.39. The maximum atomic E-state index is 11.7. The van der Waals surface area contributed by atoms with E-state index >= 15 is 0 Å². The fourth-order valence-corrected chi connectivity index (χ4v) is 1.97. The van der Waals surface area contributed by atoms with Crippen LogP contribution in [0.2, 0.25) is 0 Å². The van der Waals surface area contributed by atoms with Crippen molar-refractivity contribution in [3.8, 4) is 0 Å². The van der Waals surface area contributed by atoms with Crippen molar-refractivity contribution in [2.45, 2.75) is 20.4 Å². The summed E-state index contributed by atoms with van der Waals surface area (Å²) < 4.78 is 1.87. The smallest absolute Gasteiger partial charge is 0.249 e. The molecule has 0 radical (unpaired) electrons. The molecule has 0 bridgehead atoms. The minimum absolute atomic E-state index is 0.0330. The molecule has 2 rings (SSSR count). The largest absolute Gasteiger partial charge is 0.295 e. The normalized spacial score (nSPS) is 10.2. The average molecular weight is 254 g/mol. The highest BCUT2D eigenvalue weighted by Gasteiger charge is 2.17. The van der Waals surface area contributed by atoms with Crippen molar-refractivity contribution in [1.82, 2.24) is 0 Å². The minimum atomic E-state index is -0.0426. The molecule has 0 unspecified atom stereocenters. The molecule has 0 amide bonds. The minimum Gasteiger partial charge on any atom is -0.295 e. The number of benzene rings is 1. The summed E-state index contributed by atoms with van der Waals surface area (Å²) in [5.74, 6) is -0.0756. The highest BCUT2D eigenvalue weighted by molar-refractivity contribution is 5.97. The quantitative estimate of drug-likeness (QED) is 0.621.